The Morgan fingerprint density at radius 3 is 2.85 bits per heavy atom. The number of ether oxygens (including phenoxy) is 1. The SMILES string of the molecule is C#CC(Nc1ncc(C(=O)O)c(C)n1)C1CCOCC1. The monoisotopic (exact) mass is 275 g/mol. The molecular weight excluding hydrogens is 258 g/mol. The number of terminal acetylenes is 1. The number of aromatic nitrogens is 2. The highest BCUT2D eigenvalue weighted by Gasteiger charge is 2.23. The number of hydrogen-bond acceptors (Lipinski definition) is 5. The van der Waals surface area contributed by atoms with E-state index in [-0.39, 0.29) is 11.6 Å². The van der Waals surface area contributed by atoms with Crippen LogP contribution >= 0.6 is 0 Å². The average molecular weight is 275 g/mol. The molecule has 1 atom stereocenters. The fourth-order valence-corrected chi connectivity index (χ4v) is 2.23. The van der Waals surface area contributed by atoms with Crippen molar-refractivity contribution in [1.82, 2.24) is 9.97 Å². The van der Waals surface area contributed by atoms with Crippen LogP contribution in [0.1, 0.15) is 28.9 Å². The first kappa shape index (κ1) is 14.3. The number of hydrogen-bond donors (Lipinski definition) is 2. The summed E-state index contributed by atoms with van der Waals surface area (Å²) in [6.07, 6.45) is 8.65. The topological polar surface area (TPSA) is 84.3 Å². The molecule has 1 fully saturated rings. The molecule has 1 aliphatic rings. The van der Waals surface area contributed by atoms with E-state index in [4.69, 9.17) is 16.3 Å². The second-order valence-electron chi connectivity index (χ2n) is 4.74. The minimum atomic E-state index is -1.04. The second kappa shape index (κ2) is 6.35. The zero-order valence-electron chi connectivity index (χ0n) is 11.3. The molecule has 1 aromatic heterocycles. The van der Waals surface area contributed by atoms with E-state index in [1.54, 1.807) is 6.92 Å². The van der Waals surface area contributed by atoms with Crippen molar-refractivity contribution >= 4 is 11.9 Å². The van der Waals surface area contributed by atoms with Crippen LogP contribution in [0.4, 0.5) is 5.95 Å². The predicted molar refractivity (Wildman–Crippen MR) is 73.5 cm³/mol. The lowest BCUT2D eigenvalue weighted by Crippen LogP contribution is -2.33. The van der Waals surface area contributed by atoms with Gasteiger partial charge in [-0.2, -0.15) is 0 Å². The highest BCUT2D eigenvalue weighted by molar-refractivity contribution is 5.88. The standard InChI is InChI=1S/C14H17N3O3/c1-3-12(10-4-6-20-7-5-10)17-14-15-8-11(13(18)19)9(2)16-14/h1,8,10,12H,4-7H2,2H3,(H,18,19)(H,15,16,17). The Hall–Kier alpha value is -2.13. The molecule has 1 unspecified atom stereocenters. The summed E-state index contributed by atoms with van der Waals surface area (Å²) in [7, 11) is 0. The summed E-state index contributed by atoms with van der Waals surface area (Å²) >= 11 is 0. The third-order valence-corrected chi connectivity index (χ3v) is 3.41. The highest BCUT2D eigenvalue weighted by Crippen LogP contribution is 2.21. The Labute approximate surface area is 117 Å². The van der Waals surface area contributed by atoms with E-state index in [2.05, 4.69) is 21.2 Å². The van der Waals surface area contributed by atoms with Crippen molar-refractivity contribution < 1.29 is 14.6 Å². The maximum atomic E-state index is 10.9. The van der Waals surface area contributed by atoms with Gasteiger partial charge in [-0.3, -0.25) is 0 Å². The molecule has 2 rings (SSSR count). The van der Waals surface area contributed by atoms with Crippen molar-refractivity contribution in [3.8, 4) is 12.3 Å². The van der Waals surface area contributed by atoms with E-state index in [0.29, 0.717) is 30.8 Å². The Bertz CT molecular complexity index is 533. The van der Waals surface area contributed by atoms with Gasteiger partial charge < -0.3 is 15.2 Å². The van der Waals surface area contributed by atoms with E-state index in [1.807, 2.05) is 0 Å². The summed E-state index contributed by atoms with van der Waals surface area (Å²) in [4.78, 5) is 19.1. The number of carbonyl (C=O) groups is 1. The molecule has 1 saturated heterocycles. The molecule has 2 heterocycles. The normalized spacial score (nSPS) is 17.2. The van der Waals surface area contributed by atoms with Gasteiger partial charge in [-0.25, -0.2) is 14.8 Å². The molecule has 0 aromatic carbocycles. The fraction of sp³-hybridized carbons (Fsp3) is 0.500. The van der Waals surface area contributed by atoms with Crippen LogP contribution in [0.2, 0.25) is 0 Å². The molecule has 1 aliphatic heterocycles. The van der Waals surface area contributed by atoms with E-state index < -0.39 is 5.97 Å². The number of aryl methyl sites for hydroxylation is 1. The molecule has 2 N–H and O–H groups in total. The maximum Gasteiger partial charge on any atom is 0.339 e. The summed E-state index contributed by atoms with van der Waals surface area (Å²) in [6.45, 7) is 3.06. The molecule has 20 heavy (non-hydrogen) atoms. The summed E-state index contributed by atoms with van der Waals surface area (Å²) in [6, 6.07) is -0.172. The van der Waals surface area contributed by atoms with Crippen molar-refractivity contribution in [3.63, 3.8) is 0 Å². The molecule has 0 saturated carbocycles. The second-order valence-corrected chi connectivity index (χ2v) is 4.74. The van der Waals surface area contributed by atoms with Crippen LogP contribution in [-0.2, 0) is 4.74 Å². The molecule has 0 amide bonds. The fourth-order valence-electron chi connectivity index (χ4n) is 2.23. The van der Waals surface area contributed by atoms with Gasteiger partial charge in [0.25, 0.3) is 0 Å². The summed E-state index contributed by atoms with van der Waals surface area (Å²) in [5.41, 5.74) is 0.511. The van der Waals surface area contributed by atoms with Crippen LogP contribution in [0, 0.1) is 25.2 Å². The number of rotatable bonds is 4. The quantitative estimate of drug-likeness (QED) is 0.806. The van der Waals surface area contributed by atoms with Crippen LogP contribution in [0.5, 0.6) is 0 Å². The lowest BCUT2D eigenvalue weighted by Gasteiger charge is -2.27. The van der Waals surface area contributed by atoms with E-state index in [9.17, 15) is 4.79 Å². The number of anilines is 1. The zero-order chi connectivity index (χ0) is 14.5. The first-order valence-corrected chi connectivity index (χ1v) is 6.49. The van der Waals surface area contributed by atoms with E-state index >= 15 is 0 Å². The van der Waals surface area contributed by atoms with Crippen LogP contribution in [0.15, 0.2) is 6.20 Å². The maximum absolute atomic E-state index is 10.9. The molecule has 0 radical (unpaired) electrons. The van der Waals surface area contributed by atoms with Crippen LogP contribution in [-0.4, -0.2) is 40.3 Å². The van der Waals surface area contributed by atoms with Gasteiger partial charge in [0.05, 0.1) is 17.3 Å². The van der Waals surface area contributed by atoms with Gasteiger partial charge in [0.2, 0.25) is 5.95 Å². The van der Waals surface area contributed by atoms with E-state index in [0.717, 1.165) is 12.8 Å². The van der Waals surface area contributed by atoms with Gasteiger partial charge in [-0.15, -0.1) is 6.42 Å². The Morgan fingerprint density at radius 1 is 1.60 bits per heavy atom. The summed E-state index contributed by atoms with van der Waals surface area (Å²) in [5, 5.41) is 12.0. The van der Waals surface area contributed by atoms with Crippen molar-refractivity contribution in [2.75, 3.05) is 18.5 Å². The number of carboxylic acids is 1. The first-order chi connectivity index (χ1) is 9.61. The summed E-state index contributed by atoms with van der Waals surface area (Å²) < 4.78 is 5.31. The van der Waals surface area contributed by atoms with E-state index in [1.165, 1.54) is 6.20 Å². The molecule has 0 spiro atoms. The number of carboxylic acid groups (broad SMARTS) is 1. The summed E-state index contributed by atoms with van der Waals surface area (Å²) in [5.74, 6) is 2.36. The molecular formula is C14H17N3O3. The molecule has 1 aromatic rings. The number of aromatic carboxylic acids is 1. The van der Waals surface area contributed by atoms with Crippen LogP contribution in [0.3, 0.4) is 0 Å². The zero-order valence-corrected chi connectivity index (χ0v) is 11.3. The largest absolute Gasteiger partial charge is 0.478 e. The van der Waals surface area contributed by atoms with Crippen molar-refractivity contribution in [2.45, 2.75) is 25.8 Å². The Morgan fingerprint density at radius 2 is 2.30 bits per heavy atom. The van der Waals surface area contributed by atoms with Gasteiger partial charge in [0.1, 0.15) is 0 Å². The highest BCUT2D eigenvalue weighted by atomic mass is 16.5. The Kier molecular flexibility index (Phi) is 4.53. The lowest BCUT2D eigenvalue weighted by atomic mass is 9.92. The van der Waals surface area contributed by atoms with Crippen molar-refractivity contribution in [2.24, 2.45) is 5.92 Å². The Balaban J connectivity index is 2.09. The van der Waals surface area contributed by atoms with Crippen molar-refractivity contribution in [3.05, 3.63) is 17.5 Å². The van der Waals surface area contributed by atoms with Crippen LogP contribution in [0.25, 0.3) is 0 Å². The van der Waals surface area contributed by atoms with Crippen molar-refractivity contribution in [1.29, 1.82) is 0 Å². The average Bonchev–Trinajstić information content (AvgIpc) is 2.45. The van der Waals surface area contributed by atoms with Gasteiger partial charge in [-0.1, -0.05) is 5.92 Å². The van der Waals surface area contributed by atoms with Gasteiger partial charge in [0, 0.05) is 19.4 Å². The van der Waals surface area contributed by atoms with Gasteiger partial charge in [0.15, 0.2) is 0 Å². The molecule has 0 aliphatic carbocycles. The number of nitrogens with zero attached hydrogens (tertiary/aromatic N) is 2. The third-order valence-electron chi connectivity index (χ3n) is 3.41. The molecule has 6 nitrogen and oxygen atoms in total. The first-order valence-electron chi connectivity index (χ1n) is 6.49. The minimum absolute atomic E-state index is 0.0962. The molecule has 6 heteroatoms. The van der Waals surface area contributed by atoms with Crippen LogP contribution < -0.4 is 5.32 Å². The minimum Gasteiger partial charge on any atom is -0.478 e. The predicted octanol–water partition coefficient (Wildman–Crippen LogP) is 1.32. The third kappa shape index (κ3) is 3.25. The van der Waals surface area contributed by atoms with Gasteiger partial charge >= 0.3 is 5.97 Å². The molecule has 106 valence electrons. The lowest BCUT2D eigenvalue weighted by molar-refractivity contribution is 0.0651. The number of nitrogens with one attached hydrogen (secondary N) is 1. The smallest absolute Gasteiger partial charge is 0.339 e. The van der Waals surface area contributed by atoms with Gasteiger partial charge in [-0.05, 0) is 25.7 Å². The molecule has 0 bridgehead atoms.